The largest absolute Gasteiger partial charge is 0.381 e. The first-order valence-corrected chi connectivity index (χ1v) is 8.42. The van der Waals surface area contributed by atoms with Gasteiger partial charge in [0.05, 0.1) is 11.9 Å². The van der Waals surface area contributed by atoms with Crippen LogP contribution in [0.3, 0.4) is 0 Å². The number of nitrogens with zero attached hydrogens (tertiary/aromatic N) is 3. The standard InChI is InChI=1S/C19H23N3O2/c1-15-11-21-18(12-20-15)19(23)22(13-16-5-3-2-4-6-16)14-17-7-9-24-10-8-17/h2-6,11-12,17H,7-10,13-14H2,1H3. The molecular weight excluding hydrogens is 302 g/mol. The molecule has 0 aliphatic carbocycles. The molecule has 3 rings (SSSR count). The molecule has 1 fully saturated rings. The summed E-state index contributed by atoms with van der Waals surface area (Å²) >= 11 is 0. The number of hydrogen-bond donors (Lipinski definition) is 0. The summed E-state index contributed by atoms with van der Waals surface area (Å²) in [4.78, 5) is 23.3. The molecule has 1 aliphatic heterocycles. The van der Waals surface area contributed by atoms with E-state index in [0.29, 0.717) is 18.2 Å². The second kappa shape index (κ2) is 8.02. The number of aryl methyl sites for hydroxylation is 1. The lowest BCUT2D eigenvalue weighted by molar-refractivity contribution is 0.0443. The van der Waals surface area contributed by atoms with Crippen LogP contribution in [0, 0.1) is 12.8 Å². The minimum Gasteiger partial charge on any atom is -0.381 e. The molecule has 0 N–H and O–H groups in total. The van der Waals surface area contributed by atoms with Gasteiger partial charge < -0.3 is 9.64 Å². The number of amides is 1. The fourth-order valence-electron chi connectivity index (χ4n) is 2.93. The van der Waals surface area contributed by atoms with Gasteiger partial charge in [0.2, 0.25) is 0 Å². The molecule has 0 spiro atoms. The van der Waals surface area contributed by atoms with Crippen molar-refractivity contribution >= 4 is 5.91 Å². The Morgan fingerprint density at radius 2 is 1.92 bits per heavy atom. The van der Waals surface area contributed by atoms with E-state index in [1.54, 1.807) is 12.4 Å². The van der Waals surface area contributed by atoms with Gasteiger partial charge in [0.1, 0.15) is 5.69 Å². The predicted molar refractivity (Wildman–Crippen MR) is 91.5 cm³/mol. The first kappa shape index (κ1) is 16.6. The van der Waals surface area contributed by atoms with Crippen molar-refractivity contribution in [2.75, 3.05) is 19.8 Å². The van der Waals surface area contributed by atoms with Crippen molar-refractivity contribution in [2.24, 2.45) is 5.92 Å². The summed E-state index contributed by atoms with van der Waals surface area (Å²) in [5.41, 5.74) is 2.34. The average molecular weight is 325 g/mol. The zero-order valence-electron chi connectivity index (χ0n) is 14.0. The highest BCUT2D eigenvalue weighted by Crippen LogP contribution is 2.19. The molecule has 0 bridgehead atoms. The maximum absolute atomic E-state index is 12.9. The Labute approximate surface area is 142 Å². The highest BCUT2D eigenvalue weighted by Gasteiger charge is 2.23. The van der Waals surface area contributed by atoms with Gasteiger partial charge in [-0.15, -0.1) is 0 Å². The van der Waals surface area contributed by atoms with E-state index in [-0.39, 0.29) is 5.91 Å². The van der Waals surface area contributed by atoms with Gasteiger partial charge in [-0.3, -0.25) is 9.78 Å². The lowest BCUT2D eigenvalue weighted by Crippen LogP contribution is -2.37. The van der Waals surface area contributed by atoms with Crippen LogP contribution in [0.15, 0.2) is 42.7 Å². The fourth-order valence-corrected chi connectivity index (χ4v) is 2.93. The normalized spacial score (nSPS) is 15.2. The Hall–Kier alpha value is -2.27. The van der Waals surface area contributed by atoms with Crippen LogP contribution in [-0.4, -0.2) is 40.5 Å². The van der Waals surface area contributed by atoms with Crippen LogP contribution < -0.4 is 0 Å². The summed E-state index contributed by atoms with van der Waals surface area (Å²) in [5.74, 6) is 0.419. The van der Waals surface area contributed by atoms with Crippen molar-refractivity contribution < 1.29 is 9.53 Å². The molecule has 0 radical (unpaired) electrons. The van der Waals surface area contributed by atoms with Crippen LogP contribution in [0.5, 0.6) is 0 Å². The minimum atomic E-state index is -0.0576. The molecule has 2 heterocycles. The Morgan fingerprint density at radius 1 is 1.17 bits per heavy atom. The molecule has 126 valence electrons. The summed E-state index contributed by atoms with van der Waals surface area (Å²) in [5, 5.41) is 0. The highest BCUT2D eigenvalue weighted by molar-refractivity contribution is 5.92. The molecule has 1 aliphatic rings. The second-order valence-electron chi connectivity index (χ2n) is 6.27. The molecule has 1 saturated heterocycles. The quantitative estimate of drug-likeness (QED) is 0.848. The van der Waals surface area contributed by atoms with Crippen molar-refractivity contribution in [3.63, 3.8) is 0 Å². The number of carbonyl (C=O) groups excluding carboxylic acids is 1. The van der Waals surface area contributed by atoms with Gasteiger partial charge in [-0.1, -0.05) is 30.3 Å². The van der Waals surface area contributed by atoms with Crippen molar-refractivity contribution in [3.05, 3.63) is 59.7 Å². The summed E-state index contributed by atoms with van der Waals surface area (Å²) in [6, 6.07) is 10.1. The van der Waals surface area contributed by atoms with Crippen molar-refractivity contribution in [3.8, 4) is 0 Å². The second-order valence-corrected chi connectivity index (χ2v) is 6.27. The number of rotatable bonds is 5. The molecule has 0 atom stereocenters. The zero-order valence-corrected chi connectivity index (χ0v) is 14.0. The maximum Gasteiger partial charge on any atom is 0.274 e. The van der Waals surface area contributed by atoms with E-state index < -0.39 is 0 Å². The Morgan fingerprint density at radius 3 is 2.58 bits per heavy atom. The van der Waals surface area contributed by atoms with E-state index in [4.69, 9.17) is 4.74 Å². The smallest absolute Gasteiger partial charge is 0.274 e. The number of benzene rings is 1. The number of aromatic nitrogens is 2. The topological polar surface area (TPSA) is 55.3 Å². The van der Waals surface area contributed by atoms with Crippen LogP contribution in [0.4, 0.5) is 0 Å². The lowest BCUT2D eigenvalue weighted by atomic mass is 9.99. The minimum absolute atomic E-state index is 0.0576. The zero-order chi connectivity index (χ0) is 16.8. The Kier molecular flexibility index (Phi) is 5.54. The molecule has 24 heavy (non-hydrogen) atoms. The summed E-state index contributed by atoms with van der Waals surface area (Å²) in [7, 11) is 0. The van der Waals surface area contributed by atoms with Crippen molar-refractivity contribution in [2.45, 2.75) is 26.3 Å². The first-order chi connectivity index (χ1) is 11.7. The van der Waals surface area contributed by atoms with E-state index >= 15 is 0 Å². The third-order valence-electron chi connectivity index (χ3n) is 4.32. The fraction of sp³-hybridized carbons (Fsp3) is 0.421. The van der Waals surface area contributed by atoms with E-state index in [2.05, 4.69) is 9.97 Å². The van der Waals surface area contributed by atoms with Gasteiger partial charge in [-0.25, -0.2) is 4.98 Å². The van der Waals surface area contributed by atoms with Crippen molar-refractivity contribution in [1.29, 1.82) is 0 Å². The molecule has 5 heteroatoms. The summed E-state index contributed by atoms with van der Waals surface area (Å²) in [6.45, 7) is 4.75. The molecule has 2 aromatic rings. The molecule has 1 amide bonds. The Balaban J connectivity index is 1.77. The van der Waals surface area contributed by atoms with Crippen LogP contribution in [0.2, 0.25) is 0 Å². The summed E-state index contributed by atoms with van der Waals surface area (Å²) in [6.07, 6.45) is 5.21. The van der Waals surface area contributed by atoms with Gasteiger partial charge in [0.15, 0.2) is 0 Å². The third-order valence-corrected chi connectivity index (χ3v) is 4.32. The third kappa shape index (κ3) is 4.38. The molecule has 0 saturated carbocycles. The molecule has 1 aromatic carbocycles. The van der Waals surface area contributed by atoms with E-state index in [1.165, 1.54) is 0 Å². The average Bonchev–Trinajstić information content (AvgIpc) is 2.63. The summed E-state index contributed by atoms with van der Waals surface area (Å²) < 4.78 is 5.43. The molecule has 1 aromatic heterocycles. The van der Waals surface area contributed by atoms with E-state index in [1.807, 2.05) is 42.2 Å². The van der Waals surface area contributed by atoms with Gasteiger partial charge in [-0.05, 0) is 31.2 Å². The molecule has 0 unspecified atom stereocenters. The maximum atomic E-state index is 12.9. The molecule has 5 nitrogen and oxygen atoms in total. The van der Waals surface area contributed by atoms with E-state index in [9.17, 15) is 4.79 Å². The number of carbonyl (C=O) groups is 1. The molecular formula is C19H23N3O2. The van der Waals surface area contributed by atoms with Crippen LogP contribution in [0.25, 0.3) is 0 Å². The monoisotopic (exact) mass is 325 g/mol. The van der Waals surface area contributed by atoms with Gasteiger partial charge in [-0.2, -0.15) is 0 Å². The first-order valence-electron chi connectivity index (χ1n) is 8.42. The van der Waals surface area contributed by atoms with Crippen LogP contribution in [-0.2, 0) is 11.3 Å². The van der Waals surface area contributed by atoms with Crippen LogP contribution in [0.1, 0.15) is 34.6 Å². The lowest BCUT2D eigenvalue weighted by Gasteiger charge is -2.29. The predicted octanol–water partition coefficient (Wildman–Crippen LogP) is 2.85. The SMILES string of the molecule is Cc1cnc(C(=O)N(Cc2ccccc2)CC2CCOCC2)cn1. The van der Waals surface area contributed by atoms with Gasteiger partial charge in [0.25, 0.3) is 5.91 Å². The van der Waals surface area contributed by atoms with Crippen molar-refractivity contribution in [1.82, 2.24) is 14.9 Å². The number of hydrogen-bond acceptors (Lipinski definition) is 4. The van der Waals surface area contributed by atoms with E-state index in [0.717, 1.165) is 43.9 Å². The van der Waals surface area contributed by atoms with Gasteiger partial charge >= 0.3 is 0 Å². The number of ether oxygens (including phenoxy) is 1. The Bertz CT molecular complexity index is 652. The van der Waals surface area contributed by atoms with Crippen LogP contribution >= 0.6 is 0 Å². The highest BCUT2D eigenvalue weighted by atomic mass is 16.5. The van der Waals surface area contributed by atoms with Gasteiger partial charge in [0, 0.05) is 32.5 Å².